The van der Waals surface area contributed by atoms with Crippen LogP contribution in [0.15, 0.2) is 127 Å². The minimum absolute atomic E-state index is 0.763. The first-order chi connectivity index (χ1) is 17.8. The number of hydrogen-bond acceptors (Lipinski definition) is 1. The normalized spacial score (nSPS) is 11.4. The maximum Gasteiger partial charge on any atom is 0.113 e. The third-order valence-corrected chi connectivity index (χ3v) is 6.89. The van der Waals surface area contributed by atoms with Gasteiger partial charge in [-0.3, -0.25) is 0 Å². The lowest BCUT2D eigenvalue weighted by Crippen LogP contribution is -2.01. The minimum Gasteiger partial charge on any atom is -0.309 e. The number of rotatable bonds is 3. The molecule has 0 saturated heterocycles. The van der Waals surface area contributed by atoms with Crippen LogP contribution in [0.1, 0.15) is 0 Å². The highest BCUT2D eigenvalue weighted by Crippen LogP contribution is 2.37. The summed E-state index contributed by atoms with van der Waals surface area (Å²) in [5.74, 6) is 0. The third-order valence-electron chi connectivity index (χ3n) is 6.89. The predicted molar refractivity (Wildman–Crippen MR) is 152 cm³/mol. The molecule has 2 heterocycles. The van der Waals surface area contributed by atoms with Crippen LogP contribution in [-0.2, 0) is 0 Å². The summed E-state index contributed by atoms with van der Waals surface area (Å²) < 4.78 is 2.34. The summed E-state index contributed by atoms with van der Waals surface area (Å²) in [6, 6.07) is 44.3. The molecule has 166 valence electrons. The zero-order valence-corrected chi connectivity index (χ0v) is 19.6. The Hall–Kier alpha value is -4.63. The van der Waals surface area contributed by atoms with Gasteiger partial charge in [0.25, 0.3) is 0 Å². The van der Waals surface area contributed by atoms with E-state index < -0.39 is 0 Å². The Morgan fingerprint density at radius 3 is 1.83 bits per heavy atom. The molecule has 0 saturated carbocycles. The van der Waals surface area contributed by atoms with Crippen LogP contribution in [0.5, 0.6) is 0 Å². The van der Waals surface area contributed by atoms with Crippen LogP contribution in [0.25, 0.3) is 60.8 Å². The topological polar surface area (TPSA) is 17.8 Å². The zero-order chi connectivity index (χ0) is 24.1. The molecule has 3 heteroatoms. The SMILES string of the molecule is [B]c1ccc2c(c1)c1c3ccccc3ccc1n2-c1cc(-c2ccccc2)nc(-c2ccccc2)c1. The van der Waals surface area contributed by atoms with E-state index in [1.165, 1.54) is 16.2 Å². The summed E-state index contributed by atoms with van der Waals surface area (Å²) in [6.45, 7) is 0. The van der Waals surface area contributed by atoms with Gasteiger partial charge in [0.05, 0.1) is 28.1 Å². The number of benzene rings is 5. The Morgan fingerprint density at radius 2 is 1.14 bits per heavy atom. The van der Waals surface area contributed by atoms with E-state index in [4.69, 9.17) is 12.8 Å². The second-order valence-corrected chi connectivity index (χ2v) is 9.12. The van der Waals surface area contributed by atoms with Gasteiger partial charge in [0.15, 0.2) is 0 Å². The fourth-order valence-corrected chi connectivity index (χ4v) is 5.25. The second kappa shape index (κ2) is 8.25. The average Bonchev–Trinajstić information content (AvgIpc) is 3.27. The van der Waals surface area contributed by atoms with E-state index in [1.807, 2.05) is 18.2 Å². The smallest absolute Gasteiger partial charge is 0.113 e. The van der Waals surface area contributed by atoms with Gasteiger partial charge in [0.1, 0.15) is 7.85 Å². The molecule has 2 radical (unpaired) electrons. The Bertz CT molecular complexity index is 1830. The van der Waals surface area contributed by atoms with Crippen molar-refractivity contribution in [3.63, 3.8) is 0 Å². The van der Waals surface area contributed by atoms with Crippen molar-refractivity contribution in [3.8, 4) is 28.2 Å². The van der Waals surface area contributed by atoms with E-state index in [1.54, 1.807) is 0 Å². The lowest BCUT2D eigenvalue weighted by Gasteiger charge is -2.13. The Balaban J connectivity index is 1.60. The highest BCUT2D eigenvalue weighted by atomic mass is 15.0. The third kappa shape index (κ3) is 3.32. The molecule has 7 rings (SSSR count). The molecule has 2 aromatic heterocycles. The molecular formula is C33H21BN2. The summed E-state index contributed by atoms with van der Waals surface area (Å²) in [7, 11) is 6.29. The molecule has 0 unspecified atom stereocenters. The van der Waals surface area contributed by atoms with Gasteiger partial charge in [-0.1, -0.05) is 109 Å². The van der Waals surface area contributed by atoms with Gasteiger partial charge in [-0.15, -0.1) is 0 Å². The van der Waals surface area contributed by atoms with Crippen molar-refractivity contribution < 1.29 is 0 Å². The minimum atomic E-state index is 0.763. The van der Waals surface area contributed by atoms with E-state index in [0.29, 0.717) is 0 Å². The monoisotopic (exact) mass is 456 g/mol. The first-order valence-electron chi connectivity index (χ1n) is 12.1. The number of aromatic nitrogens is 2. The summed E-state index contributed by atoms with van der Waals surface area (Å²) >= 11 is 0. The highest BCUT2D eigenvalue weighted by molar-refractivity contribution is 6.34. The maximum absolute atomic E-state index is 6.29. The van der Waals surface area contributed by atoms with Crippen molar-refractivity contribution in [2.24, 2.45) is 0 Å². The van der Waals surface area contributed by atoms with E-state index in [2.05, 4.69) is 114 Å². The van der Waals surface area contributed by atoms with Crippen LogP contribution >= 0.6 is 0 Å². The number of hydrogen-bond donors (Lipinski definition) is 0. The number of nitrogens with zero attached hydrogens (tertiary/aromatic N) is 2. The van der Waals surface area contributed by atoms with Gasteiger partial charge in [0, 0.05) is 21.9 Å². The molecule has 0 fully saturated rings. The van der Waals surface area contributed by atoms with Crippen LogP contribution in [0.4, 0.5) is 0 Å². The Morgan fingerprint density at radius 1 is 0.528 bits per heavy atom. The van der Waals surface area contributed by atoms with Crippen molar-refractivity contribution in [1.82, 2.24) is 9.55 Å². The van der Waals surface area contributed by atoms with E-state index in [9.17, 15) is 0 Å². The highest BCUT2D eigenvalue weighted by Gasteiger charge is 2.17. The van der Waals surface area contributed by atoms with Gasteiger partial charge < -0.3 is 4.57 Å². The van der Waals surface area contributed by atoms with E-state index in [0.717, 1.165) is 50.1 Å². The van der Waals surface area contributed by atoms with Gasteiger partial charge >= 0.3 is 0 Å². The zero-order valence-electron chi connectivity index (χ0n) is 19.6. The fourth-order valence-electron chi connectivity index (χ4n) is 5.25. The largest absolute Gasteiger partial charge is 0.309 e. The Labute approximate surface area is 210 Å². The van der Waals surface area contributed by atoms with Gasteiger partial charge in [-0.2, -0.15) is 0 Å². The molecule has 36 heavy (non-hydrogen) atoms. The van der Waals surface area contributed by atoms with Crippen molar-refractivity contribution in [2.45, 2.75) is 0 Å². The van der Waals surface area contributed by atoms with Gasteiger partial charge in [0.2, 0.25) is 0 Å². The van der Waals surface area contributed by atoms with Crippen LogP contribution < -0.4 is 5.46 Å². The summed E-state index contributed by atoms with van der Waals surface area (Å²) in [5, 5.41) is 4.82. The van der Waals surface area contributed by atoms with Crippen LogP contribution in [0.3, 0.4) is 0 Å². The predicted octanol–water partition coefficient (Wildman–Crippen LogP) is 7.46. The molecule has 7 aromatic rings. The number of pyridine rings is 1. The molecule has 0 N–H and O–H groups in total. The second-order valence-electron chi connectivity index (χ2n) is 9.12. The molecule has 5 aromatic carbocycles. The van der Waals surface area contributed by atoms with Crippen LogP contribution in [-0.4, -0.2) is 17.4 Å². The summed E-state index contributed by atoms with van der Waals surface area (Å²) in [5.41, 5.74) is 8.18. The quantitative estimate of drug-likeness (QED) is 0.252. The lowest BCUT2D eigenvalue weighted by molar-refractivity contribution is 1.16. The molecule has 0 aliphatic carbocycles. The average molecular weight is 456 g/mol. The molecule has 0 amide bonds. The molecular weight excluding hydrogens is 435 g/mol. The lowest BCUT2D eigenvalue weighted by atomic mass is 9.94. The van der Waals surface area contributed by atoms with Crippen molar-refractivity contribution >= 4 is 45.9 Å². The molecule has 2 nitrogen and oxygen atoms in total. The molecule has 0 aliphatic heterocycles. The molecule has 0 atom stereocenters. The van der Waals surface area contributed by atoms with Gasteiger partial charge in [-0.25, -0.2) is 4.98 Å². The van der Waals surface area contributed by atoms with Crippen LogP contribution in [0.2, 0.25) is 0 Å². The first kappa shape index (κ1) is 20.7. The van der Waals surface area contributed by atoms with Crippen molar-refractivity contribution in [3.05, 3.63) is 127 Å². The maximum atomic E-state index is 6.29. The first-order valence-corrected chi connectivity index (χ1v) is 12.1. The van der Waals surface area contributed by atoms with E-state index in [-0.39, 0.29) is 0 Å². The molecule has 0 aliphatic rings. The standard InChI is InChI=1S/C33H21BN2/c34-25-16-18-31-28(19-25)33-27-14-8-7-9-22(27)15-17-32(33)36(31)26-20-29(23-10-3-1-4-11-23)35-30(21-26)24-12-5-2-6-13-24/h1-21H. The van der Waals surface area contributed by atoms with Crippen molar-refractivity contribution in [2.75, 3.05) is 0 Å². The summed E-state index contributed by atoms with van der Waals surface area (Å²) in [6.07, 6.45) is 0. The van der Waals surface area contributed by atoms with Crippen molar-refractivity contribution in [1.29, 1.82) is 0 Å². The summed E-state index contributed by atoms with van der Waals surface area (Å²) in [4.78, 5) is 5.07. The fraction of sp³-hybridized carbons (Fsp3) is 0. The Kier molecular flexibility index (Phi) is 4.75. The number of fused-ring (bicyclic) bond motifs is 5. The molecule has 0 spiro atoms. The van der Waals surface area contributed by atoms with Gasteiger partial charge in [-0.05, 0) is 35.0 Å². The van der Waals surface area contributed by atoms with E-state index >= 15 is 0 Å². The molecule has 0 bridgehead atoms. The van der Waals surface area contributed by atoms with Crippen LogP contribution in [0, 0.1) is 0 Å².